The Bertz CT molecular complexity index is 1610. The fraction of sp³-hybridized carbons (Fsp3) is 0.900. The van der Waals surface area contributed by atoms with E-state index in [1.54, 1.807) is 0 Å². The molecule has 0 aromatic heterocycles. The first kappa shape index (κ1) is 88.2. The van der Waals surface area contributed by atoms with Crippen LogP contribution in [0, 0.1) is 0 Å². The third-order valence-corrected chi connectivity index (χ3v) is 19.1. The Morgan fingerprint density at radius 3 is 0.889 bits per heavy atom. The van der Waals surface area contributed by atoms with Crippen LogP contribution < -0.4 is 4.89 Å². The van der Waals surface area contributed by atoms with Gasteiger partial charge in [-0.2, -0.15) is 0 Å². The van der Waals surface area contributed by atoms with E-state index < -0.39 is 26.5 Å². The largest absolute Gasteiger partial charge is 0.756 e. The molecule has 0 aliphatic heterocycles. The minimum atomic E-state index is -4.64. The Labute approximate surface area is 561 Å². The number of carbonyl (C=O) groups excluding carboxylic acids is 2. The molecule has 0 aliphatic carbocycles. The van der Waals surface area contributed by atoms with Crippen molar-refractivity contribution in [3.05, 3.63) is 36.5 Å². The molecule has 0 saturated heterocycles. The summed E-state index contributed by atoms with van der Waals surface area (Å²) in [5, 5.41) is 0. The molecule has 0 heterocycles. The lowest BCUT2D eigenvalue weighted by atomic mass is 10.0. The Morgan fingerprint density at radius 1 is 0.344 bits per heavy atom. The molecule has 0 fully saturated rings. The lowest BCUT2D eigenvalue weighted by molar-refractivity contribution is -0.870. The number of nitrogens with zero attached hydrogens (tertiary/aromatic N) is 1. The number of hydrogen-bond donors (Lipinski definition) is 0. The maximum absolute atomic E-state index is 12.9. The summed E-state index contributed by atoms with van der Waals surface area (Å²) in [6.07, 6.45) is 92.7. The molecule has 0 amide bonds. The van der Waals surface area contributed by atoms with Gasteiger partial charge in [0, 0.05) is 12.8 Å². The van der Waals surface area contributed by atoms with Gasteiger partial charge in [0.15, 0.2) is 6.10 Å². The molecule has 0 bridgehead atoms. The number of likely N-dealkylation sites (N-methyl/N-ethyl adjacent to an activating group) is 1. The van der Waals surface area contributed by atoms with Crippen LogP contribution in [-0.2, 0) is 32.7 Å². The highest BCUT2D eigenvalue weighted by Gasteiger charge is 2.22. The summed E-state index contributed by atoms with van der Waals surface area (Å²) in [6, 6.07) is 0. The number of unbranched alkanes of at least 4 members (excludes halogenated alkanes) is 55. The van der Waals surface area contributed by atoms with Gasteiger partial charge in [0.25, 0.3) is 7.82 Å². The molecule has 2 unspecified atom stereocenters. The number of phosphoric acid groups is 1. The molecule has 0 aromatic carbocycles. The van der Waals surface area contributed by atoms with E-state index in [-0.39, 0.29) is 32.0 Å². The SMILES string of the molecule is CCCCCCC/C=C\C/C=C\CCCCCCCCCCCCCCCCCCCC(=O)OC(COC(=O)CCCCCCCCCCCCCCCCCCCCCCCCCCC/C=C\CCCCCCCCCC)COP(=O)([O-])OCC[N+](C)(C)C. The van der Waals surface area contributed by atoms with Gasteiger partial charge in [0.1, 0.15) is 19.8 Å². The number of rotatable bonds is 75. The Morgan fingerprint density at radius 2 is 0.600 bits per heavy atom. The highest BCUT2D eigenvalue weighted by atomic mass is 31.2. The van der Waals surface area contributed by atoms with Gasteiger partial charge < -0.3 is 27.9 Å². The predicted molar refractivity (Wildman–Crippen MR) is 388 cm³/mol. The lowest BCUT2D eigenvalue weighted by Gasteiger charge is -2.28. The molecule has 0 spiro atoms. The number of carbonyl (C=O) groups is 2. The van der Waals surface area contributed by atoms with Gasteiger partial charge in [0.2, 0.25) is 0 Å². The summed E-state index contributed by atoms with van der Waals surface area (Å²) >= 11 is 0. The molecule has 0 radical (unpaired) electrons. The first-order valence-corrected chi connectivity index (χ1v) is 41.2. The van der Waals surface area contributed by atoms with Gasteiger partial charge in [-0.15, -0.1) is 0 Å². The number of quaternary nitrogens is 1. The van der Waals surface area contributed by atoms with Crippen molar-refractivity contribution in [1.82, 2.24) is 0 Å². The number of ether oxygens (including phenoxy) is 2. The maximum Gasteiger partial charge on any atom is 0.306 e. The van der Waals surface area contributed by atoms with Crippen LogP contribution in [0.25, 0.3) is 0 Å². The summed E-state index contributed by atoms with van der Waals surface area (Å²) < 4.78 is 34.4. The van der Waals surface area contributed by atoms with E-state index in [1.165, 1.54) is 340 Å². The molecule has 90 heavy (non-hydrogen) atoms. The van der Waals surface area contributed by atoms with Crippen LogP contribution in [-0.4, -0.2) is 70.0 Å². The van der Waals surface area contributed by atoms with Crippen molar-refractivity contribution in [2.75, 3.05) is 47.5 Å². The molecular weight excluding hydrogens is 1130 g/mol. The summed E-state index contributed by atoms with van der Waals surface area (Å²) in [6.45, 7) is 4.31. The van der Waals surface area contributed by atoms with Crippen LogP contribution in [0.15, 0.2) is 36.5 Å². The highest BCUT2D eigenvalue weighted by Crippen LogP contribution is 2.38. The molecule has 0 N–H and O–H groups in total. The first-order chi connectivity index (χ1) is 44.0. The van der Waals surface area contributed by atoms with Crippen molar-refractivity contribution >= 4 is 19.8 Å². The number of esters is 2. The van der Waals surface area contributed by atoms with Gasteiger partial charge in [-0.25, -0.2) is 0 Å². The molecule has 0 rings (SSSR count). The standard InChI is InChI=1S/C80H154NO8P/c1-6-8-10-12-14-16-18-20-22-24-26-28-30-32-34-36-37-38-39-40-41-42-43-45-46-48-50-52-54-56-58-60-62-64-66-68-70-72-79(82)86-76-78(77-88-90(84,85)87-75-74-81(3,4)5)89-80(83)73-71-69-67-65-63-61-59-57-55-53-51-49-47-44-35-33-31-29-27-25-23-21-19-17-15-13-11-9-7-2/h19,21,24-27,78H,6-18,20,22-23,28-77H2,1-5H3/b21-19-,26-24-,27-25-. The van der Waals surface area contributed by atoms with Gasteiger partial charge in [0.05, 0.1) is 27.7 Å². The minimum absolute atomic E-state index is 0.0276. The first-order valence-electron chi connectivity index (χ1n) is 39.7. The van der Waals surface area contributed by atoms with E-state index in [9.17, 15) is 19.0 Å². The second-order valence-corrected chi connectivity index (χ2v) is 29.8. The topological polar surface area (TPSA) is 111 Å². The van der Waals surface area contributed by atoms with E-state index in [0.717, 1.165) is 38.5 Å². The molecular formula is C80H154NO8P. The van der Waals surface area contributed by atoms with E-state index in [2.05, 4.69) is 50.3 Å². The number of allylic oxidation sites excluding steroid dienone is 6. The quantitative estimate of drug-likeness (QED) is 0.0195. The van der Waals surface area contributed by atoms with Crippen molar-refractivity contribution in [3.8, 4) is 0 Å². The third-order valence-electron chi connectivity index (χ3n) is 18.1. The second kappa shape index (κ2) is 71.5. The van der Waals surface area contributed by atoms with Gasteiger partial charge in [-0.3, -0.25) is 14.2 Å². The van der Waals surface area contributed by atoms with Gasteiger partial charge in [-0.1, -0.05) is 365 Å². The van der Waals surface area contributed by atoms with E-state index >= 15 is 0 Å². The summed E-state index contributed by atoms with van der Waals surface area (Å²) in [7, 11) is 1.19. The highest BCUT2D eigenvalue weighted by molar-refractivity contribution is 7.45. The van der Waals surface area contributed by atoms with Gasteiger partial charge >= 0.3 is 11.9 Å². The van der Waals surface area contributed by atoms with E-state index in [1.807, 2.05) is 21.1 Å². The van der Waals surface area contributed by atoms with Crippen LogP contribution in [0.4, 0.5) is 0 Å². The minimum Gasteiger partial charge on any atom is -0.756 e. The van der Waals surface area contributed by atoms with Crippen molar-refractivity contribution < 1.29 is 42.1 Å². The smallest absolute Gasteiger partial charge is 0.306 e. The molecule has 10 heteroatoms. The summed E-state index contributed by atoms with van der Waals surface area (Å²) in [5.41, 5.74) is 0. The normalized spacial score (nSPS) is 13.2. The van der Waals surface area contributed by atoms with Crippen molar-refractivity contribution in [1.29, 1.82) is 0 Å². The molecule has 9 nitrogen and oxygen atoms in total. The monoisotopic (exact) mass is 1290 g/mol. The number of phosphoric ester groups is 1. The summed E-state index contributed by atoms with van der Waals surface area (Å²) in [5.74, 6) is -0.808. The molecule has 0 aliphatic rings. The van der Waals surface area contributed by atoms with Crippen LogP contribution in [0.3, 0.4) is 0 Å². The Balaban J connectivity index is 3.90. The van der Waals surface area contributed by atoms with Crippen molar-refractivity contribution in [2.24, 2.45) is 0 Å². The molecule has 0 aromatic rings. The average molecular weight is 1290 g/mol. The Kier molecular flexibility index (Phi) is 70.1. The van der Waals surface area contributed by atoms with Crippen LogP contribution >= 0.6 is 7.82 Å². The van der Waals surface area contributed by atoms with Crippen LogP contribution in [0.2, 0.25) is 0 Å². The van der Waals surface area contributed by atoms with Crippen LogP contribution in [0.5, 0.6) is 0 Å². The van der Waals surface area contributed by atoms with Crippen LogP contribution in [0.1, 0.15) is 412 Å². The fourth-order valence-corrected chi connectivity index (χ4v) is 12.8. The second-order valence-electron chi connectivity index (χ2n) is 28.4. The summed E-state index contributed by atoms with van der Waals surface area (Å²) in [4.78, 5) is 38.2. The Hall–Kier alpha value is -1.77. The van der Waals surface area contributed by atoms with E-state index in [4.69, 9.17) is 18.5 Å². The molecule has 0 saturated carbocycles. The lowest BCUT2D eigenvalue weighted by Crippen LogP contribution is -2.37. The molecule has 532 valence electrons. The fourth-order valence-electron chi connectivity index (χ4n) is 12.0. The number of hydrogen-bond acceptors (Lipinski definition) is 8. The van der Waals surface area contributed by atoms with Crippen molar-refractivity contribution in [2.45, 2.75) is 418 Å². The molecule has 2 atom stereocenters. The van der Waals surface area contributed by atoms with E-state index in [0.29, 0.717) is 17.4 Å². The maximum atomic E-state index is 12.9. The average Bonchev–Trinajstić information content (AvgIpc) is 3.58. The zero-order chi connectivity index (χ0) is 65.5. The predicted octanol–water partition coefficient (Wildman–Crippen LogP) is 25.5. The van der Waals surface area contributed by atoms with Gasteiger partial charge in [-0.05, 0) is 70.6 Å². The zero-order valence-corrected chi connectivity index (χ0v) is 61.8. The third kappa shape index (κ3) is 75.3. The van der Waals surface area contributed by atoms with Crippen molar-refractivity contribution in [3.63, 3.8) is 0 Å². The zero-order valence-electron chi connectivity index (χ0n) is 60.9.